The predicted molar refractivity (Wildman–Crippen MR) is 72.8 cm³/mol. The van der Waals surface area contributed by atoms with E-state index in [1.54, 1.807) is 0 Å². The largest absolute Gasteiger partial charge is 0.300 e. The van der Waals surface area contributed by atoms with Gasteiger partial charge in [-0.25, -0.2) is 12.7 Å². The first-order valence-electron chi connectivity index (χ1n) is 6.55. The van der Waals surface area contributed by atoms with Crippen LogP contribution in [-0.4, -0.2) is 37.9 Å². The minimum absolute atomic E-state index is 0.0161. The quantitative estimate of drug-likeness (QED) is 0.789. The molecule has 0 aromatic rings. The Balaban J connectivity index is 2.51. The van der Waals surface area contributed by atoms with Crippen LogP contribution >= 0.6 is 0 Å². The summed E-state index contributed by atoms with van der Waals surface area (Å²) in [5.41, 5.74) is 0.0161. The lowest BCUT2D eigenvalue weighted by Crippen LogP contribution is -2.39. The zero-order valence-corrected chi connectivity index (χ0v) is 12.7. The number of carbonyl (C=O) groups is 1. The van der Waals surface area contributed by atoms with E-state index in [1.807, 2.05) is 0 Å². The summed E-state index contributed by atoms with van der Waals surface area (Å²) >= 11 is 0. The Labute approximate surface area is 111 Å². The van der Waals surface area contributed by atoms with E-state index >= 15 is 0 Å². The number of ketones is 1. The molecule has 0 N–H and O–H groups in total. The van der Waals surface area contributed by atoms with Crippen molar-refractivity contribution in [3.05, 3.63) is 0 Å². The fourth-order valence-electron chi connectivity index (χ4n) is 2.48. The monoisotopic (exact) mass is 275 g/mol. The van der Waals surface area contributed by atoms with Crippen LogP contribution in [0.25, 0.3) is 0 Å². The van der Waals surface area contributed by atoms with Gasteiger partial charge >= 0.3 is 0 Å². The number of rotatable bonds is 4. The van der Waals surface area contributed by atoms with Gasteiger partial charge in [0, 0.05) is 25.9 Å². The van der Waals surface area contributed by atoms with Gasteiger partial charge in [0.15, 0.2) is 0 Å². The summed E-state index contributed by atoms with van der Waals surface area (Å²) in [6.07, 6.45) is 4.15. The van der Waals surface area contributed by atoms with Gasteiger partial charge in [-0.2, -0.15) is 0 Å². The van der Waals surface area contributed by atoms with E-state index in [0.717, 1.165) is 12.8 Å². The standard InChI is InChI=1S/C13H25NO3S/c1-13(2,3)9-12(15)8-11-6-5-7-14(10-11)18(4,16)17/h11H,5-10H2,1-4H3. The van der Waals surface area contributed by atoms with Crippen LogP contribution in [-0.2, 0) is 14.8 Å². The van der Waals surface area contributed by atoms with Crippen LogP contribution in [0.4, 0.5) is 0 Å². The summed E-state index contributed by atoms with van der Waals surface area (Å²) in [6.45, 7) is 7.26. The van der Waals surface area contributed by atoms with Gasteiger partial charge in [-0.15, -0.1) is 0 Å². The fourth-order valence-corrected chi connectivity index (χ4v) is 3.42. The molecule has 0 spiro atoms. The molecular formula is C13H25NO3S. The molecule has 1 saturated heterocycles. The third-order valence-electron chi connectivity index (χ3n) is 3.19. The van der Waals surface area contributed by atoms with Crippen molar-refractivity contribution in [1.82, 2.24) is 4.31 Å². The first-order chi connectivity index (χ1) is 8.08. The Morgan fingerprint density at radius 1 is 1.33 bits per heavy atom. The topological polar surface area (TPSA) is 54.5 Å². The van der Waals surface area contributed by atoms with Crippen molar-refractivity contribution in [3.8, 4) is 0 Å². The molecule has 5 heteroatoms. The predicted octanol–water partition coefficient (Wildman–Crippen LogP) is 2.05. The van der Waals surface area contributed by atoms with Crippen molar-refractivity contribution in [2.24, 2.45) is 11.3 Å². The van der Waals surface area contributed by atoms with E-state index in [1.165, 1.54) is 10.6 Å². The minimum atomic E-state index is -3.11. The molecule has 0 bridgehead atoms. The molecule has 18 heavy (non-hydrogen) atoms. The average molecular weight is 275 g/mol. The third kappa shape index (κ3) is 5.48. The molecular weight excluding hydrogens is 250 g/mol. The maximum Gasteiger partial charge on any atom is 0.211 e. The number of hydrogen-bond acceptors (Lipinski definition) is 3. The Kier molecular flexibility index (Phi) is 4.95. The molecule has 1 rings (SSSR count). The molecule has 1 fully saturated rings. The number of sulfonamides is 1. The van der Waals surface area contributed by atoms with Crippen LogP contribution in [0.1, 0.15) is 46.5 Å². The number of hydrogen-bond donors (Lipinski definition) is 0. The number of nitrogens with zero attached hydrogens (tertiary/aromatic N) is 1. The van der Waals surface area contributed by atoms with Crippen molar-refractivity contribution in [3.63, 3.8) is 0 Å². The highest BCUT2D eigenvalue weighted by atomic mass is 32.2. The van der Waals surface area contributed by atoms with Crippen molar-refractivity contribution < 1.29 is 13.2 Å². The highest BCUT2D eigenvalue weighted by Gasteiger charge is 2.28. The number of piperidine rings is 1. The highest BCUT2D eigenvalue weighted by molar-refractivity contribution is 7.88. The van der Waals surface area contributed by atoms with E-state index in [9.17, 15) is 13.2 Å². The van der Waals surface area contributed by atoms with Gasteiger partial charge in [0.05, 0.1) is 6.26 Å². The van der Waals surface area contributed by atoms with Crippen molar-refractivity contribution >= 4 is 15.8 Å². The second-order valence-electron chi connectivity index (χ2n) is 6.61. The van der Waals surface area contributed by atoms with Gasteiger partial charge < -0.3 is 0 Å². The zero-order chi connectivity index (χ0) is 14.0. The zero-order valence-electron chi connectivity index (χ0n) is 11.9. The SMILES string of the molecule is CC(C)(C)CC(=O)CC1CCCN(S(C)(=O)=O)C1. The van der Waals surface area contributed by atoms with Gasteiger partial charge in [0.25, 0.3) is 0 Å². The average Bonchev–Trinajstić information content (AvgIpc) is 2.13. The summed E-state index contributed by atoms with van der Waals surface area (Å²) in [7, 11) is -3.11. The maximum atomic E-state index is 11.9. The Bertz CT molecular complexity index is 395. The fraction of sp³-hybridized carbons (Fsp3) is 0.923. The molecule has 0 amide bonds. The van der Waals surface area contributed by atoms with Crippen LogP contribution in [0.2, 0.25) is 0 Å². The lowest BCUT2D eigenvalue weighted by molar-refractivity contribution is -0.121. The molecule has 0 radical (unpaired) electrons. The van der Waals surface area contributed by atoms with Crippen molar-refractivity contribution in [1.29, 1.82) is 0 Å². The summed E-state index contributed by atoms with van der Waals surface area (Å²) in [5, 5.41) is 0. The Hall–Kier alpha value is -0.420. The number of Topliss-reactive ketones (excluding diaryl/α,β-unsaturated/α-hetero) is 1. The van der Waals surface area contributed by atoms with Crippen LogP contribution in [0.5, 0.6) is 0 Å². The molecule has 1 aliphatic rings. The summed E-state index contributed by atoms with van der Waals surface area (Å²) in [5.74, 6) is 0.450. The van der Waals surface area contributed by atoms with Crippen LogP contribution in [0.3, 0.4) is 0 Å². The lowest BCUT2D eigenvalue weighted by atomic mass is 9.85. The molecule has 0 aromatic carbocycles. The molecule has 0 aliphatic carbocycles. The van der Waals surface area contributed by atoms with E-state index in [2.05, 4.69) is 20.8 Å². The molecule has 0 saturated carbocycles. The molecule has 106 valence electrons. The molecule has 1 unspecified atom stereocenters. The van der Waals surface area contributed by atoms with Gasteiger partial charge in [0.2, 0.25) is 10.0 Å². The number of carbonyl (C=O) groups excluding carboxylic acids is 1. The normalized spacial score (nSPS) is 23.0. The van der Waals surface area contributed by atoms with E-state index in [0.29, 0.717) is 25.9 Å². The summed E-state index contributed by atoms with van der Waals surface area (Å²) in [4.78, 5) is 11.9. The smallest absolute Gasteiger partial charge is 0.211 e. The third-order valence-corrected chi connectivity index (χ3v) is 4.46. The van der Waals surface area contributed by atoms with E-state index < -0.39 is 10.0 Å². The highest BCUT2D eigenvalue weighted by Crippen LogP contribution is 2.25. The second-order valence-corrected chi connectivity index (χ2v) is 8.59. The van der Waals surface area contributed by atoms with Gasteiger partial charge in [-0.1, -0.05) is 20.8 Å². The lowest BCUT2D eigenvalue weighted by Gasteiger charge is -2.31. The van der Waals surface area contributed by atoms with Crippen LogP contribution in [0, 0.1) is 11.3 Å². The van der Waals surface area contributed by atoms with Crippen molar-refractivity contribution in [2.75, 3.05) is 19.3 Å². The first kappa shape index (κ1) is 15.6. The van der Waals surface area contributed by atoms with Gasteiger partial charge in [0.1, 0.15) is 5.78 Å². The Morgan fingerprint density at radius 3 is 2.44 bits per heavy atom. The molecule has 1 atom stereocenters. The van der Waals surface area contributed by atoms with Crippen molar-refractivity contribution in [2.45, 2.75) is 46.5 Å². The van der Waals surface area contributed by atoms with Gasteiger partial charge in [-0.05, 0) is 24.2 Å². The molecule has 1 heterocycles. The molecule has 0 aromatic heterocycles. The first-order valence-corrected chi connectivity index (χ1v) is 8.39. The van der Waals surface area contributed by atoms with Gasteiger partial charge in [-0.3, -0.25) is 4.79 Å². The summed E-state index contributed by atoms with van der Waals surface area (Å²) < 4.78 is 24.5. The minimum Gasteiger partial charge on any atom is -0.300 e. The second kappa shape index (κ2) is 5.70. The van der Waals surface area contributed by atoms with Crippen LogP contribution in [0.15, 0.2) is 0 Å². The molecule has 4 nitrogen and oxygen atoms in total. The molecule has 1 aliphatic heterocycles. The summed E-state index contributed by atoms with van der Waals surface area (Å²) in [6, 6.07) is 0. The Morgan fingerprint density at radius 2 is 1.94 bits per heavy atom. The maximum absolute atomic E-state index is 11.9. The van der Waals surface area contributed by atoms with E-state index in [-0.39, 0.29) is 17.1 Å². The van der Waals surface area contributed by atoms with E-state index in [4.69, 9.17) is 0 Å². The van der Waals surface area contributed by atoms with Crippen LogP contribution < -0.4 is 0 Å².